The van der Waals surface area contributed by atoms with Gasteiger partial charge in [-0.25, -0.2) is 0 Å². The summed E-state index contributed by atoms with van der Waals surface area (Å²) in [7, 11) is 4.09. The smallest absolute Gasteiger partial charge is 0.0831 e. The second-order valence-corrected chi connectivity index (χ2v) is 4.47. The van der Waals surface area contributed by atoms with Gasteiger partial charge in [-0.15, -0.1) is 0 Å². The van der Waals surface area contributed by atoms with Gasteiger partial charge in [0.1, 0.15) is 0 Å². The van der Waals surface area contributed by atoms with Crippen LogP contribution < -0.4 is 0 Å². The zero-order chi connectivity index (χ0) is 12.0. The van der Waals surface area contributed by atoms with Gasteiger partial charge in [-0.3, -0.25) is 0 Å². The number of nitriles is 1. The molecule has 0 saturated carbocycles. The van der Waals surface area contributed by atoms with Crippen molar-refractivity contribution in [2.75, 3.05) is 20.6 Å². The Balaban J connectivity index is 2.93. The summed E-state index contributed by atoms with van der Waals surface area (Å²) in [6, 6.07) is 12.6. The molecule has 1 aromatic carbocycles. The average molecular weight is 216 g/mol. The molecule has 0 aliphatic carbocycles. The van der Waals surface area contributed by atoms with Gasteiger partial charge < -0.3 is 4.90 Å². The molecule has 0 spiro atoms. The molecular weight excluding hydrogens is 196 g/mol. The van der Waals surface area contributed by atoms with Gasteiger partial charge in [-0.2, -0.15) is 5.26 Å². The van der Waals surface area contributed by atoms with Gasteiger partial charge in [0, 0.05) is 0 Å². The first kappa shape index (κ1) is 12.7. The lowest BCUT2D eigenvalue weighted by Crippen LogP contribution is -2.28. The average Bonchev–Trinajstić information content (AvgIpc) is 2.32. The van der Waals surface area contributed by atoms with Crippen LogP contribution in [0.2, 0.25) is 0 Å². The molecule has 0 heterocycles. The van der Waals surface area contributed by atoms with Crippen LogP contribution in [0.5, 0.6) is 0 Å². The molecule has 86 valence electrons. The van der Waals surface area contributed by atoms with E-state index in [-0.39, 0.29) is 5.41 Å². The Morgan fingerprint density at radius 2 is 1.88 bits per heavy atom. The van der Waals surface area contributed by atoms with Crippen molar-refractivity contribution in [3.8, 4) is 6.07 Å². The van der Waals surface area contributed by atoms with Crippen LogP contribution in [0.4, 0.5) is 0 Å². The Bertz CT molecular complexity index is 351. The van der Waals surface area contributed by atoms with Gasteiger partial charge in [0.25, 0.3) is 0 Å². The Labute approximate surface area is 98.5 Å². The van der Waals surface area contributed by atoms with Crippen molar-refractivity contribution in [1.29, 1.82) is 5.26 Å². The van der Waals surface area contributed by atoms with Crippen LogP contribution in [0, 0.1) is 11.3 Å². The topological polar surface area (TPSA) is 27.0 Å². The van der Waals surface area contributed by atoms with E-state index in [1.54, 1.807) is 0 Å². The zero-order valence-corrected chi connectivity index (χ0v) is 10.4. The van der Waals surface area contributed by atoms with Crippen LogP contribution in [-0.4, -0.2) is 25.5 Å². The molecule has 2 nitrogen and oxygen atoms in total. The second-order valence-electron chi connectivity index (χ2n) is 4.47. The lowest BCUT2D eigenvalue weighted by atomic mass is 9.76. The molecule has 0 aromatic heterocycles. The third-order valence-electron chi connectivity index (χ3n) is 3.13. The van der Waals surface area contributed by atoms with Crippen LogP contribution in [-0.2, 0) is 5.41 Å². The van der Waals surface area contributed by atoms with Crippen LogP contribution in [0.1, 0.15) is 25.3 Å². The fraction of sp³-hybridized carbons (Fsp3) is 0.500. The van der Waals surface area contributed by atoms with E-state index in [1.807, 2.05) is 32.3 Å². The normalized spacial score (nSPS) is 14.4. The van der Waals surface area contributed by atoms with E-state index in [2.05, 4.69) is 30.0 Å². The van der Waals surface area contributed by atoms with E-state index in [1.165, 1.54) is 0 Å². The van der Waals surface area contributed by atoms with Crippen molar-refractivity contribution < 1.29 is 0 Å². The predicted molar refractivity (Wildman–Crippen MR) is 67.2 cm³/mol. The van der Waals surface area contributed by atoms with Gasteiger partial charge in [-0.1, -0.05) is 37.3 Å². The third-order valence-corrected chi connectivity index (χ3v) is 3.13. The van der Waals surface area contributed by atoms with E-state index >= 15 is 0 Å². The van der Waals surface area contributed by atoms with Gasteiger partial charge >= 0.3 is 0 Å². The molecule has 1 aromatic rings. The number of hydrogen-bond donors (Lipinski definition) is 0. The largest absolute Gasteiger partial charge is 0.309 e. The summed E-state index contributed by atoms with van der Waals surface area (Å²) in [6.07, 6.45) is 1.75. The monoisotopic (exact) mass is 216 g/mol. The van der Waals surface area contributed by atoms with E-state index in [0.717, 1.165) is 24.9 Å². The highest BCUT2D eigenvalue weighted by molar-refractivity contribution is 5.32. The van der Waals surface area contributed by atoms with E-state index < -0.39 is 0 Å². The highest BCUT2D eigenvalue weighted by atomic mass is 15.0. The Kier molecular flexibility index (Phi) is 4.52. The maximum Gasteiger partial charge on any atom is 0.0831 e. The third kappa shape index (κ3) is 2.84. The molecule has 2 heteroatoms. The quantitative estimate of drug-likeness (QED) is 0.756. The Morgan fingerprint density at radius 1 is 1.25 bits per heavy atom. The molecule has 1 rings (SSSR count). The first-order valence-corrected chi connectivity index (χ1v) is 5.76. The summed E-state index contributed by atoms with van der Waals surface area (Å²) in [5, 5.41) is 9.47. The van der Waals surface area contributed by atoms with Gasteiger partial charge in [0.15, 0.2) is 0 Å². The van der Waals surface area contributed by atoms with E-state index in [4.69, 9.17) is 0 Å². The molecule has 0 N–H and O–H groups in total. The van der Waals surface area contributed by atoms with Crippen LogP contribution >= 0.6 is 0 Å². The van der Waals surface area contributed by atoms with Crippen LogP contribution in [0.25, 0.3) is 0 Å². The molecule has 0 aliphatic heterocycles. The van der Waals surface area contributed by atoms with Crippen molar-refractivity contribution in [3.05, 3.63) is 35.9 Å². The summed E-state index contributed by atoms with van der Waals surface area (Å²) >= 11 is 0. The van der Waals surface area contributed by atoms with Gasteiger partial charge in [0.2, 0.25) is 0 Å². The zero-order valence-electron chi connectivity index (χ0n) is 10.4. The summed E-state index contributed by atoms with van der Waals surface area (Å²) in [6.45, 7) is 3.03. The van der Waals surface area contributed by atoms with Crippen molar-refractivity contribution in [2.45, 2.75) is 25.2 Å². The summed E-state index contributed by atoms with van der Waals surface area (Å²) in [5.74, 6) is 0. The second kappa shape index (κ2) is 5.67. The number of hydrogen-bond acceptors (Lipinski definition) is 2. The number of benzene rings is 1. The lowest BCUT2D eigenvalue weighted by Gasteiger charge is -2.27. The minimum Gasteiger partial charge on any atom is -0.309 e. The first-order chi connectivity index (χ1) is 7.64. The standard InChI is InChI=1S/C14H20N2/c1-4-14(12-15,10-11-16(2)3)13-8-6-5-7-9-13/h5-9H,4,10-11H2,1-3H3/t14-/m1/s1. The summed E-state index contributed by atoms with van der Waals surface area (Å²) < 4.78 is 0. The Morgan fingerprint density at radius 3 is 2.31 bits per heavy atom. The highest BCUT2D eigenvalue weighted by Crippen LogP contribution is 2.30. The number of rotatable bonds is 5. The van der Waals surface area contributed by atoms with Gasteiger partial charge in [-0.05, 0) is 39.0 Å². The molecule has 0 unspecified atom stereocenters. The molecular formula is C14H20N2. The maximum absolute atomic E-state index is 9.47. The molecule has 0 fully saturated rings. The summed E-state index contributed by atoms with van der Waals surface area (Å²) in [5.41, 5.74) is 0.813. The van der Waals surface area contributed by atoms with Crippen LogP contribution in [0.15, 0.2) is 30.3 Å². The van der Waals surface area contributed by atoms with Crippen molar-refractivity contribution in [1.82, 2.24) is 4.90 Å². The van der Waals surface area contributed by atoms with Crippen molar-refractivity contribution in [3.63, 3.8) is 0 Å². The van der Waals surface area contributed by atoms with Crippen molar-refractivity contribution >= 4 is 0 Å². The Hall–Kier alpha value is -1.33. The van der Waals surface area contributed by atoms with Crippen LogP contribution in [0.3, 0.4) is 0 Å². The molecule has 0 radical (unpaired) electrons. The van der Waals surface area contributed by atoms with Gasteiger partial charge in [0.05, 0.1) is 11.5 Å². The van der Waals surface area contributed by atoms with E-state index in [0.29, 0.717) is 0 Å². The SMILES string of the molecule is CC[C@](C#N)(CCN(C)C)c1ccccc1. The molecule has 0 saturated heterocycles. The summed E-state index contributed by atoms with van der Waals surface area (Å²) in [4.78, 5) is 2.13. The molecule has 0 amide bonds. The minimum absolute atomic E-state index is 0.328. The molecule has 1 atom stereocenters. The fourth-order valence-corrected chi connectivity index (χ4v) is 1.90. The minimum atomic E-state index is -0.328. The lowest BCUT2D eigenvalue weighted by molar-refractivity contribution is 0.347. The molecule has 16 heavy (non-hydrogen) atoms. The maximum atomic E-state index is 9.47. The predicted octanol–water partition coefficient (Wildman–Crippen LogP) is 2.81. The molecule has 0 bridgehead atoms. The number of nitrogens with zero attached hydrogens (tertiary/aromatic N) is 2. The highest BCUT2D eigenvalue weighted by Gasteiger charge is 2.29. The van der Waals surface area contributed by atoms with E-state index in [9.17, 15) is 5.26 Å². The van der Waals surface area contributed by atoms with Crippen molar-refractivity contribution in [2.24, 2.45) is 0 Å². The fourth-order valence-electron chi connectivity index (χ4n) is 1.90. The first-order valence-electron chi connectivity index (χ1n) is 5.76. The molecule has 0 aliphatic rings.